The normalized spacial score (nSPS) is 10.5. The van der Waals surface area contributed by atoms with Crippen LogP contribution in [0.15, 0.2) is 30.9 Å². The maximum atomic E-state index is 4.12. The van der Waals surface area contributed by atoms with Crippen LogP contribution in [0.25, 0.3) is 0 Å². The second kappa shape index (κ2) is 4.65. The minimum Gasteiger partial charge on any atom is -0.306 e. The molecule has 0 fully saturated rings. The van der Waals surface area contributed by atoms with Gasteiger partial charge in [-0.25, -0.2) is 9.97 Å². The number of aromatic nitrogens is 4. The van der Waals surface area contributed by atoms with Gasteiger partial charge in [-0.3, -0.25) is 4.68 Å². The standard InChI is InChI=1S/C10H13N5/c1-15-8-9(6-14-15)5-11-7-10-12-3-2-4-13-10/h2-4,6,8,11H,5,7H2,1H3. The summed E-state index contributed by atoms with van der Waals surface area (Å²) in [5.41, 5.74) is 1.16. The average molecular weight is 203 g/mol. The molecule has 0 aliphatic carbocycles. The van der Waals surface area contributed by atoms with Crippen LogP contribution in [0.4, 0.5) is 0 Å². The molecule has 0 saturated heterocycles. The topological polar surface area (TPSA) is 55.6 Å². The number of nitrogens with zero attached hydrogens (tertiary/aromatic N) is 4. The van der Waals surface area contributed by atoms with Gasteiger partial charge in [-0.05, 0) is 6.07 Å². The van der Waals surface area contributed by atoms with E-state index in [-0.39, 0.29) is 0 Å². The van der Waals surface area contributed by atoms with Crippen molar-refractivity contribution in [3.63, 3.8) is 0 Å². The van der Waals surface area contributed by atoms with Gasteiger partial charge < -0.3 is 5.32 Å². The first kappa shape index (κ1) is 9.79. The molecule has 2 aromatic heterocycles. The fourth-order valence-electron chi connectivity index (χ4n) is 1.30. The van der Waals surface area contributed by atoms with Crippen LogP contribution >= 0.6 is 0 Å². The molecule has 0 amide bonds. The molecule has 0 atom stereocenters. The van der Waals surface area contributed by atoms with Crippen LogP contribution in [0.1, 0.15) is 11.4 Å². The lowest BCUT2D eigenvalue weighted by molar-refractivity contribution is 0.661. The molecule has 2 aromatic rings. The van der Waals surface area contributed by atoms with E-state index in [1.54, 1.807) is 17.1 Å². The summed E-state index contributed by atoms with van der Waals surface area (Å²) in [7, 11) is 1.91. The predicted molar refractivity (Wildman–Crippen MR) is 55.8 cm³/mol. The Morgan fingerprint density at radius 2 is 2.07 bits per heavy atom. The largest absolute Gasteiger partial charge is 0.306 e. The summed E-state index contributed by atoms with van der Waals surface area (Å²) in [4.78, 5) is 8.24. The molecule has 2 rings (SSSR count). The Labute approximate surface area is 88.2 Å². The van der Waals surface area contributed by atoms with Crippen LogP contribution in [0.2, 0.25) is 0 Å². The zero-order valence-electron chi connectivity index (χ0n) is 8.59. The van der Waals surface area contributed by atoms with Gasteiger partial charge in [0.15, 0.2) is 0 Å². The van der Waals surface area contributed by atoms with Gasteiger partial charge in [-0.1, -0.05) is 0 Å². The van der Waals surface area contributed by atoms with E-state index in [0.717, 1.165) is 17.9 Å². The molecule has 0 aliphatic rings. The molecule has 0 bridgehead atoms. The summed E-state index contributed by atoms with van der Waals surface area (Å²) in [5, 5.41) is 7.34. The molecule has 5 nitrogen and oxygen atoms in total. The molecule has 0 unspecified atom stereocenters. The van der Waals surface area contributed by atoms with Gasteiger partial charge >= 0.3 is 0 Å². The van der Waals surface area contributed by atoms with Crippen molar-refractivity contribution in [2.75, 3.05) is 0 Å². The highest BCUT2D eigenvalue weighted by molar-refractivity contribution is 5.03. The summed E-state index contributed by atoms with van der Waals surface area (Å²) in [6.07, 6.45) is 7.32. The van der Waals surface area contributed by atoms with Crippen LogP contribution in [-0.2, 0) is 20.1 Å². The van der Waals surface area contributed by atoms with Crippen molar-refractivity contribution < 1.29 is 0 Å². The van der Waals surface area contributed by atoms with Crippen molar-refractivity contribution in [3.05, 3.63) is 42.2 Å². The third kappa shape index (κ3) is 2.85. The molecule has 2 heterocycles. The summed E-state index contributed by atoms with van der Waals surface area (Å²) in [6.45, 7) is 1.46. The second-order valence-corrected chi connectivity index (χ2v) is 3.29. The average Bonchev–Trinajstić information content (AvgIpc) is 2.66. The van der Waals surface area contributed by atoms with Gasteiger partial charge in [0.25, 0.3) is 0 Å². The molecule has 0 radical (unpaired) electrons. The fourth-order valence-corrected chi connectivity index (χ4v) is 1.30. The van der Waals surface area contributed by atoms with Crippen molar-refractivity contribution >= 4 is 0 Å². The lowest BCUT2D eigenvalue weighted by Gasteiger charge is -2.00. The van der Waals surface area contributed by atoms with Gasteiger partial charge in [-0.15, -0.1) is 0 Å². The summed E-state index contributed by atoms with van der Waals surface area (Å²) in [5.74, 6) is 0.807. The summed E-state index contributed by atoms with van der Waals surface area (Å²) in [6, 6.07) is 1.81. The van der Waals surface area contributed by atoms with E-state index in [2.05, 4.69) is 20.4 Å². The van der Waals surface area contributed by atoms with Crippen LogP contribution in [-0.4, -0.2) is 19.7 Å². The molecule has 0 saturated carbocycles. The molecule has 0 aliphatic heterocycles. The first-order valence-corrected chi connectivity index (χ1v) is 4.79. The van der Waals surface area contributed by atoms with Crippen molar-refractivity contribution in [1.29, 1.82) is 0 Å². The Bertz CT molecular complexity index is 409. The lowest BCUT2D eigenvalue weighted by Crippen LogP contribution is -2.14. The minimum absolute atomic E-state index is 0.676. The fraction of sp³-hybridized carbons (Fsp3) is 0.300. The Balaban J connectivity index is 1.80. The zero-order valence-corrected chi connectivity index (χ0v) is 8.59. The second-order valence-electron chi connectivity index (χ2n) is 3.29. The van der Waals surface area contributed by atoms with Gasteiger partial charge in [0.1, 0.15) is 5.82 Å². The molecule has 1 N–H and O–H groups in total. The molecule has 0 spiro atoms. The van der Waals surface area contributed by atoms with Crippen molar-refractivity contribution in [1.82, 2.24) is 25.1 Å². The van der Waals surface area contributed by atoms with E-state index < -0.39 is 0 Å². The van der Waals surface area contributed by atoms with Crippen LogP contribution in [0.5, 0.6) is 0 Å². The number of rotatable bonds is 4. The van der Waals surface area contributed by atoms with Crippen LogP contribution in [0, 0.1) is 0 Å². The number of hydrogen-bond acceptors (Lipinski definition) is 4. The first-order valence-electron chi connectivity index (χ1n) is 4.79. The summed E-state index contributed by atoms with van der Waals surface area (Å²) >= 11 is 0. The molecule has 78 valence electrons. The highest BCUT2D eigenvalue weighted by Gasteiger charge is 1.97. The number of nitrogens with one attached hydrogen (secondary N) is 1. The smallest absolute Gasteiger partial charge is 0.141 e. The Kier molecular flexibility index (Phi) is 3.04. The zero-order chi connectivity index (χ0) is 10.5. The van der Waals surface area contributed by atoms with Gasteiger partial charge in [0.2, 0.25) is 0 Å². The highest BCUT2D eigenvalue weighted by Crippen LogP contribution is 1.95. The van der Waals surface area contributed by atoms with E-state index in [1.807, 2.05) is 25.5 Å². The first-order chi connectivity index (χ1) is 7.34. The van der Waals surface area contributed by atoms with E-state index in [1.165, 1.54) is 0 Å². The third-order valence-electron chi connectivity index (χ3n) is 1.99. The number of aryl methyl sites for hydroxylation is 1. The Morgan fingerprint density at radius 3 is 2.73 bits per heavy atom. The number of hydrogen-bond donors (Lipinski definition) is 1. The maximum Gasteiger partial charge on any atom is 0.141 e. The molecular weight excluding hydrogens is 190 g/mol. The van der Waals surface area contributed by atoms with E-state index in [4.69, 9.17) is 0 Å². The van der Waals surface area contributed by atoms with Crippen molar-refractivity contribution in [2.45, 2.75) is 13.1 Å². The van der Waals surface area contributed by atoms with Gasteiger partial charge in [-0.2, -0.15) is 5.10 Å². The summed E-state index contributed by atoms with van der Waals surface area (Å²) < 4.78 is 1.79. The quantitative estimate of drug-likeness (QED) is 0.786. The lowest BCUT2D eigenvalue weighted by atomic mass is 10.3. The SMILES string of the molecule is Cn1cc(CNCc2ncccn2)cn1. The van der Waals surface area contributed by atoms with E-state index >= 15 is 0 Å². The van der Waals surface area contributed by atoms with Gasteiger partial charge in [0.05, 0.1) is 12.7 Å². The molecule has 15 heavy (non-hydrogen) atoms. The van der Waals surface area contributed by atoms with E-state index in [0.29, 0.717) is 6.54 Å². The van der Waals surface area contributed by atoms with Crippen LogP contribution < -0.4 is 5.32 Å². The van der Waals surface area contributed by atoms with Crippen LogP contribution in [0.3, 0.4) is 0 Å². The highest BCUT2D eigenvalue weighted by atomic mass is 15.2. The van der Waals surface area contributed by atoms with E-state index in [9.17, 15) is 0 Å². The minimum atomic E-state index is 0.676. The van der Waals surface area contributed by atoms with Crippen molar-refractivity contribution in [3.8, 4) is 0 Å². The predicted octanol–water partition coefficient (Wildman–Crippen LogP) is 0.500. The Morgan fingerprint density at radius 1 is 1.27 bits per heavy atom. The van der Waals surface area contributed by atoms with Gasteiger partial charge in [0, 0.05) is 37.7 Å². The molecule has 5 heteroatoms. The maximum absolute atomic E-state index is 4.12. The molecule has 0 aromatic carbocycles. The van der Waals surface area contributed by atoms with Crippen molar-refractivity contribution in [2.24, 2.45) is 7.05 Å². The Hall–Kier alpha value is -1.75. The monoisotopic (exact) mass is 203 g/mol. The third-order valence-corrected chi connectivity index (χ3v) is 1.99. The molecular formula is C10H13N5.